The van der Waals surface area contributed by atoms with Crippen molar-refractivity contribution in [3.8, 4) is 0 Å². The zero-order valence-corrected chi connectivity index (χ0v) is 8.19. The summed E-state index contributed by atoms with van der Waals surface area (Å²) in [5, 5.41) is 15.5. The summed E-state index contributed by atoms with van der Waals surface area (Å²) >= 11 is 0.264. The molecule has 1 atom stereocenters. The van der Waals surface area contributed by atoms with Crippen LogP contribution in [0.3, 0.4) is 0 Å². The van der Waals surface area contributed by atoms with Gasteiger partial charge in [-0.05, 0) is 6.92 Å². The van der Waals surface area contributed by atoms with Gasteiger partial charge >= 0.3 is 12.1 Å². The molecule has 1 rings (SSSR count). The van der Waals surface area contributed by atoms with Crippen molar-refractivity contribution in [3.63, 3.8) is 0 Å². The second-order valence-electron chi connectivity index (χ2n) is 2.61. The number of aromatic nitrogens is 2. The smallest absolute Gasteiger partial charge is 0.445 e. The number of halogens is 3. The average Bonchev–Trinajstić information content (AvgIpc) is 2.51. The molecule has 5 nitrogen and oxygen atoms in total. The van der Waals surface area contributed by atoms with E-state index >= 15 is 0 Å². The Morgan fingerprint density at radius 2 is 2.13 bits per heavy atom. The van der Waals surface area contributed by atoms with E-state index in [1.807, 2.05) is 0 Å². The minimum Gasteiger partial charge on any atom is -0.480 e. The van der Waals surface area contributed by atoms with Gasteiger partial charge in [-0.1, -0.05) is 11.3 Å². The molecular weight excluding hydrogens is 235 g/mol. The predicted octanol–water partition coefficient (Wildman–Crippen LogP) is 1.44. The Morgan fingerprint density at radius 3 is 2.53 bits per heavy atom. The van der Waals surface area contributed by atoms with Crippen LogP contribution >= 0.6 is 11.3 Å². The van der Waals surface area contributed by atoms with Crippen LogP contribution in [0.4, 0.5) is 18.3 Å². The lowest BCUT2D eigenvalue weighted by Gasteiger charge is -2.05. The number of alkyl halides is 3. The second-order valence-corrected chi connectivity index (χ2v) is 3.59. The van der Waals surface area contributed by atoms with Crippen LogP contribution in [0.25, 0.3) is 0 Å². The lowest BCUT2D eigenvalue weighted by atomic mass is 10.4. The predicted molar refractivity (Wildman–Crippen MR) is 45.6 cm³/mol. The molecule has 0 unspecified atom stereocenters. The molecule has 0 aliphatic carbocycles. The van der Waals surface area contributed by atoms with E-state index in [4.69, 9.17) is 5.11 Å². The van der Waals surface area contributed by atoms with Crippen LogP contribution in [0.1, 0.15) is 11.9 Å². The molecule has 0 fully saturated rings. The van der Waals surface area contributed by atoms with E-state index in [1.165, 1.54) is 6.92 Å². The normalized spacial score (nSPS) is 13.6. The summed E-state index contributed by atoms with van der Waals surface area (Å²) in [6.07, 6.45) is -4.55. The van der Waals surface area contributed by atoms with Gasteiger partial charge in [0.05, 0.1) is 0 Å². The van der Waals surface area contributed by atoms with Gasteiger partial charge in [0.1, 0.15) is 6.04 Å². The van der Waals surface area contributed by atoms with Crippen molar-refractivity contribution >= 4 is 22.4 Å². The molecule has 0 radical (unpaired) electrons. The Kier molecular flexibility index (Phi) is 3.12. The molecule has 0 saturated carbocycles. The number of anilines is 1. The fraction of sp³-hybridized carbons (Fsp3) is 0.500. The first-order valence-electron chi connectivity index (χ1n) is 3.70. The molecule has 9 heteroatoms. The largest absolute Gasteiger partial charge is 0.480 e. The fourth-order valence-corrected chi connectivity index (χ4v) is 1.34. The number of aliphatic carboxylic acids is 1. The van der Waals surface area contributed by atoms with Gasteiger partial charge in [-0.3, -0.25) is 4.79 Å². The second kappa shape index (κ2) is 4.01. The van der Waals surface area contributed by atoms with Crippen molar-refractivity contribution in [2.75, 3.05) is 5.32 Å². The van der Waals surface area contributed by atoms with Crippen molar-refractivity contribution in [1.29, 1.82) is 0 Å². The molecule has 0 aliphatic rings. The van der Waals surface area contributed by atoms with Crippen LogP contribution in [0.2, 0.25) is 0 Å². The summed E-state index contributed by atoms with van der Waals surface area (Å²) in [5.74, 6) is -1.18. The molecule has 0 aromatic carbocycles. The van der Waals surface area contributed by atoms with E-state index in [0.29, 0.717) is 0 Å². The van der Waals surface area contributed by atoms with Gasteiger partial charge in [0.15, 0.2) is 0 Å². The van der Waals surface area contributed by atoms with E-state index in [2.05, 4.69) is 15.5 Å². The number of rotatable bonds is 3. The highest BCUT2D eigenvalue weighted by molar-refractivity contribution is 7.15. The summed E-state index contributed by atoms with van der Waals surface area (Å²) in [6, 6.07) is -1.01. The number of hydrogen-bond acceptors (Lipinski definition) is 5. The third kappa shape index (κ3) is 3.05. The van der Waals surface area contributed by atoms with Gasteiger partial charge in [-0.25, -0.2) is 0 Å². The molecule has 1 aromatic rings. The lowest BCUT2D eigenvalue weighted by molar-refractivity contribution is -0.138. The Morgan fingerprint density at radius 1 is 1.53 bits per heavy atom. The van der Waals surface area contributed by atoms with Crippen LogP contribution in [-0.4, -0.2) is 27.3 Å². The van der Waals surface area contributed by atoms with Crippen molar-refractivity contribution in [3.05, 3.63) is 5.01 Å². The van der Waals surface area contributed by atoms with Gasteiger partial charge < -0.3 is 10.4 Å². The molecule has 1 heterocycles. The standard InChI is InChI=1S/C6H6F3N3O2S/c1-2(3(13)14)10-5-12-11-4(15-5)6(7,8)9/h2H,1H3,(H,10,12)(H,13,14)/t2-/m0/s1. The third-order valence-corrected chi connectivity index (χ3v) is 2.28. The topological polar surface area (TPSA) is 75.1 Å². The Bertz CT molecular complexity index is 365. The van der Waals surface area contributed by atoms with E-state index in [-0.39, 0.29) is 16.5 Å². The number of hydrogen-bond donors (Lipinski definition) is 2. The number of nitrogens with one attached hydrogen (secondary N) is 1. The first-order chi connectivity index (χ1) is 6.80. The van der Waals surface area contributed by atoms with Gasteiger partial charge in [-0.2, -0.15) is 13.2 Å². The zero-order chi connectivity index (χ0) is 11.6. The summed E-state index contributed by atoms with van der Waals surface area (Å²) in [4.78, 5) is 10.4. The highest BCUT2D eigenvalue weighted by Gasteiger charge is 2.35. The number of nitrogens with zero attached hydrogens (tertiary/aromatic N) is 2. The summed E-state index contributed by atoms with van der Waals surface area (Å²) in [5.41, 5.74) is 0. The molecule has 0 amide bonds. The number of carboxylic acid groups (broad SMARTS) is 1. The Labute approximate surface area is 85.9 Å². The molecule has 2 N–H and O–H groups in total. The molecule has 0 spiro atoms. The molecule has 0 bridgehead atoms. The van der Waals surface area contributed by atoms with Crippen molar-refractivity contribution in [1.82, 2.24) is 10.2 Å². The van der Waals surface area contributed by atoms with E-state index in [1.54, 1.807) is 0 Å². The van der Waals surface area contributed by atoms with Gasteiger partial charge in [0.25, 0.3) is 0 Å². The van der Waals surface area contributed by atoms with Crippen molar-refractivity contribution in [2.24, 2.45) is 0 Å². The maximum atomic E-state index is 12.1. The van der Waals surface area contributed by atoms with Crippen molar-refractivity contribution < 1.29 is 23.1 Å². The highest BCUT2D eigenvalue weighted by Crippen LogP contribution is 2.33. The molecule has 15 heavy (non-hydrogen) atoms. The van der Waals surface area contributed by atoms with Crippen molar-refractivity contribution in [2.45, 2.75) is 19.1 Å². The van der Waals surface area contributed by atoms with Crippen LogP contribution in [0.15, 0.2) is 0 Å². The quantitative estimate of drug-likeness (QED) is 0.837. The number of carboxylic acids is 1. The van der Waals surface area contributed by atoms with E-state index in [0.717, 1.165) is 0 Å². The zero-order valence-electron chi connectivity index (χ0n) is 7.37. The molecule has 0 aliphatic heterocycles. The molecule has 0 saturated heterocycles. The van der Waals surface area contributed by atoms with Crippen LogP contribution < -0.4 is 5.32 Å². The van der Waals surface area contributed by atoms with Gasteiger partial charge in [0.2, 0.25) is 10.1 Å². The van der Waals surface area contributed by atoms with Gasteiger partial charge in [-0.15, -0.1) is 10.2 Å². The maximum absolute atomic E-state index is 12.1. The fourth-order valence-electron chi connectivity index (χ4n) is 0.643. The summed E-state index contributed by atoms with van der Waals surface area (Å²) in [6.45, 7) is 1.29. The van der Waals surface area contributed by atoms with E-state index < -0.39 is 23.2 Å². The minimum absolute atomic E-state index is 0.169. The average molecular weight is 241 g/mol. The maximum Gasteiger partial charge on any atom is 0.445 e. The summed E-state index contributed by atoms with van der Waals surface area (Å²) in [7, 11) is 0. The Hall–Kier alpha value is -1.38. The highest BCUT2D eigenvalue weighted by atomic mass is 32.1. The molecule has 1 aromatic heterocycles. The molecular formula is C6H6F3N3O2S. The monoisotopic (exact) mass is 241 g/mol. The van der Waals surface area contributed by atoms with Gasteiger partial charge in [0, 0.05) is 0 Å². The number of carbonyl (C=O) groups is 1. The minimum atomic E-state index is -4.55. The Balaban J connectivity index is 2.73. The van der Waals surface area contributed by atoms with Crippen LogP contribution in [0, 0.1) is 0 Å². The third-order valence-electron chi connectivity index (χ3n) is 1.38. The first kappa shape index (κ1) is 11.7. The summed E-state index contributed by atoms with van der Waals surface area (Å²) < 4.78 is 36.2. The lowest BCUT2D eigenvalue weighted by Crippen LogP contribution is -2.25. The van der Waals surface area contributed by atoms with Crippen LogP contribution in [0.5, 0.6) is 0 Å². The molecule has 84 valence electrons. The van der Waals surface area contributed by atoms with E-state index in [9.17, 15) is 18.0 Å². The van der Waals surface area contributed by atoms with Crippen LogP contribution in [-0.2, 0) is 11.0 Å². The first-order valence-corrected chi connectivity index (χ1v) is 4.52. The SMILES string of the molecule is C[C@H](Nc1nnc(C(F)(F)F)s1)C(=O)O.